The van der Waals surface area contributed by atoms with E-state index in [0.29, 0.717) is 36.6 Å². The van der Waals surface area contributed by atoms with Gasteiger partial charge in [0.15, 0.2) is 0 Å². The number of hydrogen-bond donors (Lipinski definition) is 1. The number of amides is 1. The van der Waals surface area contributed by atoms with E-state index in [0.717, 1.165) is 44.0 Å². The lowest BCUT2D eigenvalue weighted by molar-refractivity contribution is -0.908. The second kappa shape index (κ2) is 11.7. The number of hydrogen-bond acceptors (Lipinski definition) is 6. The summed E-state index contributed by atoms with van der Waals surface area (Å²) in [6, 6.07) is 17.2. The van der Waals surface area contributed by atoms with E-state index in [1.807, 2.05) is 31.2 Å². The van der Waals surface area contributed by atoms with E-state index in [1.165, 1.54) is 16.1 Å². The van der Waals surface area contributed by atoms with Crippen LogP contribution in [0.1, 0.15) is 34.9 Å². The second-order valence-electron chi connectivity index (χ2n) is 9.69. The maximum absolute atomic E-state index is 13.6. The zero-order chi connectivity index (χ0) is 26.5. The molecule has 1 unspecified atom stereocenters. The monoisotopic (exact) mass is 516 g/mol. The van der Waals surface area contributed by atoms with Crippen LogP contribution in [0.2, 0.25) is 0 Å². The summed E-state index contributed by atoms with van der Waals surface area (Å²) in [6.07, 6.45) is 2.20. The molecule has 0 spiro atoms. The minimum Gasteiger partial charge on any atom is -0.872 e. The molecule has 2 aliphatic rings. The summed E-state index contributed by atoms with van der Waals surface area (Å²) in [5.41, 5.74) is 2.47. The number of carbonyl (C=O) groups excluding carboxylic acids is 2. The molecule has 0 saturated carbocycles. The van der Waals surface area contributed by atoms with Crippen molar-refractivity contribution in [3.8, 4) is 5.75 Å². The second-order valence-corrected chi connectivity index (χ2v) is 9.69. The van der Waals surface area contributed by atoms with Crippen molar-refractivity contribution >= 4 is 17.4 Å². The third-order valence-electron chi connectivity index (χ3n) is 7.24. The first-order chi connectivity index (χ1) is 18.5. The number of benzene rings is 2. The van der Waals surface area contributed by atoms with Crippen molar-refractivity contribution in [2.45, 2.75) is 26.0 Å². The van der Waals surface area contributed by atoms with Gasteiger partial charge in [0.05, 0.1) is 26.0 Å². The molecule has 8 nitrogen and oxygen atoms in total. The van der Waals surface area contributed by atoms with Gasteiger partial charge >= 0.3 is 0 Å². The first-order valence-corrected chi connectivity index (χ1v) is 13.0. The Morgan fingerprint density at radius 2 is 1.82 bits per heavy atom. The summed E-state index contributed by atoms with van der Waals surface area (Å²) in [5, 5.41) is 13.6. The van der Waals surface area contributed by atoms with E-state index in [9.17, 15) is 14.7 Å². The van der Waals surface area contributed by atoms with Gasteiger partial charge in [-0.15, -0.1) is 0 Å². The standard InChI is InChI=1S/C30H32N2O6/c1-21-6-2-3-7-23(21)20-38-24-11-9-22(10-12-24)28(33)26-27(25-8-4-17-37-25)32(30(35)29(26)34)14-5-13-31-15-18-36-19-16-31/h2-4,6-12,17,27,33H,5,13-16,18-20H2,1H3. The predicted molar refractivity (Wildman–Crippen MR) is 138 cm³/mol. The normalized spacial score (nSPS) is 19.7. The number of ether oxygens (including phenoxy) is 2. The molecule has 5 rings (SSSR count). The Hall–Kier alpha value is -3.88. The van der Waals surface area contributed by atoms with Gasteiger partial charge in [0, 0.05) is 18.5 Å². The number of furan rings is 1. The molecule has 38 heavy (non-hydrogen) atoms. The Morgan fingerprint density at radius 1 is 1.05 bits per heavy atom. The molecule has 1 N–H and O–H groups in total. The molecule has 3 heterocycles. The van der Waals surface area contributed by atoms with E-state index >= 15 is 0 Å². The van der Waals surface area contributed by atoms with Crippen LogP contribution >= 0.6 is 0 Å². The van der Waals surface area contributed by atoms with Gasteiger partial charge in [0.1, 0.15) is 37.2 Å². The minimum absolute atomic E-state index is 0.0720. The number of Topliss-reactive ketones (excluding diaryl/α,β-unsaturated/α-hetero) is 1. The molecule has 2 aromatic carbocycles. The van der Waals surface area contributed by atoms with Gasteiger partial charge in [-0.1, -0.05) is 42.2 Å². The number of ketones is 1. The molecule has 2 fully saturated rings. The summed E-state index contributed by atoms with van der Waals surface area (Å²) in [4.78, 5) is 29.1. The lowest BCUT2D eigenvalue weighted by Crippen LogP contribution is -3.14. The molecule has 2 aliphatic heterocycles. The number of quaternary nitrogens is 1. The summed E-state index contributed by atoms with van der Waals surface area (Å²) in [7, 11) is 0. The fourth-order valence-corrected chi connectivity index (χ4v) is 5.04. The molecular formula is C30H32N2O6. The van der Waals surface area contributed by atoms with Crippen LogP contribution in [0.3, 0.4) is 0 Å². The SMILES string of the molecule is Cc1ccccc1COc1ccc(C([O-])=C2C(=O)C(=O)N(CCC[NH+]3CCOCC3)C2c2ccco2)cc1. The van der Waals surface area contributed by atoms with Crippen molar-refractivity contribution in [3.63, 3.8) is 0 Å². The maximum Gasteiger partial charge on any atom is 0.295 e. The van der Waals surface area contributed by atoms with Crippen molar-refractivity contribution in [1.29, 1.82) is 0 Å². The number of aryl methyl sites for hydroxylation is 1. The first kappa shape index (κ1) is 25.8. The molecule has 2 saturated heterocycles. The highest BCUT2D eigenvalue weighted by molar-refractivity contribution is 6.46. The van der Waals surface area contributed by atoms with Gasteiger partial charge in [-0.3, -0.25) is 9.59 Å². The Kier molecular flexibility index (Phi) is 7.91. The molecule has 1 amide bonds. The molecular weight excluding hydrogens is 484 g/mol. The van der Waals surface area contributed by atoms with Crippen LogP contribution in [0.25, 0.3) is 5.76 Å². The van der Waals surface area contributed by atoms with Crippen LogP contribution in [0.15, 0.2) is 76.9 Å². The first-order valence-electron chi connectivity index (χ1n) is 13.0. The number of rotatable bonds is 9. The maximum atomic E-state index is 13.6. The van der Waals surface area contributed by atoms with E-state index in [4.69, 9.17) is 13.9 Å². The largest absolute Gasteiger partial charge is 0.872 e. The Labute approximate surface area is 222 Å². The Balaban J connectivity index is 1.34. The molecule has 8 heteroatoms. The van der Waals surface area contributed by atoms with Gasteiger partial charge in [-0.25, -0.2) is 0 Å². The van der Waals surface area contributed by atoms with Crippen LogP contribution in [0, 0.1) is 6.92 Å². The topological polar surface area (TPSA) is 96.5 Å². The van der Waals surface area contributed by atoms with Crippen molar-refractivity contribution in [1.82, 2.24) is 4.90 Å². The molecule has 1 atom stereocenters. The average Bonchev–Trinajstić information content (AvgIpc) is 3.56. The Morgan fingerprint density at radius 3 is 2.53 bits per heavy atom. The van der Waals surface area contributed by atoms with Gasteiger partial charge < -0.3 is 28.8 Å². The third-order valence-corrected chi connectivity index (χ3v) is 7.24. The Bertz CT molecular complexity index is 1290. The van der Waals surface area contributed by atoms with Gasteiger partial charge in [-0.05, 0) is 47.9 Å². The van der Waals surface area contributed by atoms with E-state index in [-0.39, 0.29) is 5.57 Å². The molecule has 1 aromatic heterocycles. The average molecular weight is 517 g/mol. The van der Waals surface area contributed by atoms with Gasteiger partial charge in [-0.2, -0.15) is 0 Å². The number of likely N-dealkylation sites (tertiary alicyclic amines) is 1. The predicted octanol–water partition coefficient (Wildman–Crippen LogP) is 1.70. The van der Waals surface area contributed by atoms with Crippen LogP contribution < -0.4 is 14.7 Å². The lowest BCUT2D eigenvalue weighted by atomic mass is 9.99. The number of morpholine rings is 1. The molecule has 198 valence electrons. The lowest BCUT2D eigenvalue weighted by Gasteiger charge is -2.27. The molecule has 0 radical (unpaired) electrons. The zero-order valence-electron chi connectivity index (χ0n) is 21.5. The summed E-state index contributed by atoms with van der Waals surface area (Å²) in [6.45, 7) is 6.97. The van der Waals surface area contributed by atoms with Gasteiger partial charge in [0.25, 0.3) is 5.91 Å². The minimum atomic E-state index is -0.839. The van der Waals surface area contributed by atoms with E-state index in [1.54, 1.807) is 36.4 Å². The summed E-state index contributed by atoms with van der Waals surface area (Å²) in [5.74, 6) is -0.890. The van der Waals surface area contributed by atoms with E-state index in [2.05, 4.69) is 0 Å². The molecule has 0 aliphatic carbocycles. The summed E-state index contributed by atoms with van der Waals surface area (Å²) < 4.78 is 16.9. The number of nitrogens with one attached hydrogen (secondary N) is 1. The highest BCUT2D eigenvalue weighted by atomic mass is 16.5. The summed E-state index contributed by atoms with van der Waals surface area (Å²) >= 11 is 0. The smallest absolute Gasteiger partial charge is 0.295 e. The number of carbonyl (C=O) groups is 2. The fraction of sp³-hybridized carbons (Fsp3) is 0.333. The fourth-order valence-electron chi connectivity index (χ4n) is 5.04. The van der Waals surface area contributed by atoms with Crippen molar-refractivity contribution < 1.29 is 33.5 Å². The van der Waals surface area contributed by atoms with Crippen LogP contribution in [-0.2, 0) is 20.9 Å². The van der Waals surface area contributed by atoms with Crippen molar-refractivity contribution in [2.75, 3.05) is 39.4 Å². The van der Waals surface area contributed by atoms with Crippen LogP contribution in [-0.4, -0.2) is 56.0 Å². The highest BCUT2D eigenvalue weighted by Gasteiger charge is 2.45. The van der Waals surface area contributed by atoms with Crippen LogP contribution in [0.4, 0.5) is 0 Å². The van der Waals surface area contributed by atoms with Crippen molar-refractivity contribution in [3.05, 3.63) is 95.0 Å². The quantitative estimate of drug-likeness (QED) is 0.264. The van der Waals surface area contributed by atoms with Crippen LogP contribution in [0.5, 0.6) is 5.75 Å². The molecule has 0 bridgehead atoms. The molecule has 3 aromatic rings. The van der Waals surface area contributed by atoms with Gasteiger partial charge in [0.2, 0.25) is 5.78 Å². The zero-order valence-corrected chi connectivity index (χ0v) is 21.5. The van der Waals surface area contributed by atoms with Crippen molar-refractivity contribution in [2.24, 2.45) is 0 Å². The van der Waals surface area contributed by atoms with E-state index < -0.39 is 23.5 Å². The third kappa shape index (κ3) is 5.51. The number of nitrogens with zero attached hydrogens (tertiary/aromatic N) is 1. The highest BCUT2D eigenvalue weighted by Crippen LogP contribution is 2.39.